The fraction of sp³-hybridized carbons (Fsp3) is 0.333. The zero-order valence-corrected chi connectivity index (χ0v) is 16.9. The highest BCUT2D eigenvalue weighted by Gasteiger charge is 2.11. The number of carbonyl (C=O) groups is 1. The van der Waals surface area contributed by atoms with Crippen LogP contribution >= 0.6 is 0 Å². The largest absolute Gasteiger partial charge is 0.380 e. The van der Waals surface area contributed by atoms with E-state index in [0.29, 0.717) is 36.6 Å². The summed E-state index contributed by atoms with van der Waals surface area (Å²) in [4.78, 5) is 25.1. The number of benzene rings is 1. The molecule has 8 heteroatoms. The Morgan fingerprint density at radius 1 is 1.10 bits per heavy atom. The van der Waals surface area contributed by atoms with Crippen LogP contribution in [0, 0.1) is 5.92 Å². The minimum absolute atomic E-state index is 0.0147. The molecular formula is C21H26N6O2. The van der Waals surface area contributed by atoms with Crippen LogP contribution in [0.3, 0.4) is 0 Å². The molecule has 1 aromatic carbocycles. The number of amides is 1. The first-order valence-electron chi connectivity index (χ1n) is 9.65. The first-order valence-corrected chi connectivity index (χ1v) is 9.65. The molecule has 0 aliphatic heterocycles. The highest BCUT2D eigenvalue weighted by molar-refractivity contribution is 5.92. The number of pyridine rings is 1. The summed E-state index contributed by atoms with van der Waals surface area (Å²) in [6.45, 7) is 7.48. The number of hydrogen-bond donors (Lipinski definition) is 3. The van der Waals surface area contributed by atoms with E-state index in [4.69, 9.17) is 15.5 Å². The molecule has 8 nitrogen and oxygen atoms in total. The van der Waals surface area contributed by atoms with Crippen molar-refractivity contribution < 1.29 is 9.53 Å². The molecule has 152 valence electrons. The molecule has 3 rings (SSSR count). The first-order chi connectivity index (χ1) is 14.0. The zero-order valence-electron chi connectivity index (χ0n) is 16.9. The van der Waals surface area contributed by atoms with E-state index in [-0.39, 0.29) is 17.8 Å². The van der Waals surface area contributed by atoms with Crippen LogP contribution < -0.4 is 16.4 Å². The smallest absolute Gasteiger partial charge is 0.226 e. The molecule has 0 aliphatic carbocycles. The van der Waals surface area contributed by atoms with E-state index in [1.54, 1.807) is 0 Å². The zero-order chi connectivity index (χ0) is 20.8. The van der Waals surface area contributed by atoms with Gasteiger partial charge in [-0.3, -0.25) is 4.79 Å². The quantitative estimate of drug-likeness (QED) is 0.502. The van der Waals surface area contributed by atoms with Crippen LogP contribution in [-0.4, -0.2) is 40.6 Å². The highest BCUT2D eigenvalue weighted by Crippen LogP contribution is 2.25. The Bertz CT molecular complexity index is 988. The van der Waals surface area contributed by atoms with Gasteiger partial charge in [0.15, 0.2) is 5.82 Å². The van der Waals surface area contributed by atoms with Crippen LogP contribution in [-0.2, 0) is 9.53 Å². The van der Waals surface area contributed by atoms with Gasteiger partial charge < -0.3 is 21.1 Å². The second-order valence-electron chi connectivity index (χ2n) is 6.84. The maximum atomic E-state index is 11.8. The molecule has 0 saturated carbocycles. The summed E-state index contributed by atoms with van der Waals surface area (Å²) in [6.07, 6.45) is 0. The molecule has 0 atom stereocenters. The summed E-state index contributed by atoms with van der Waals surface area (Å²) in [5.41, 5.74) is 9.59. The lowest BCUT2D eigenvalue weighted by Crippen LogP contribution is -2.17. The monoisotopic (exact) mass is 394 g/mol. The molecule has 3 aromatic rings. The van der Waals surface area contributed by atoms with Crippen molar-refractivity contribution in [3.63, 3.8) is 0 Å². The molecule has 0 radical (unpaired) electrons. The lowest BCUT2D eigenvalue weighted by molar-refractivity contribution is -0.118. The lowest BCUT2D eigenvalue weighted by atomic mass is 10.1. The van der Waals surface area contributed by atoms with E-state index in [2.05, 4.69) is 20.6 Å². The van der Waals surface area contributed by atoms with Crippen molar-refractivity contribution in [2.75, 3.05) is 36.1 Å². The average molecular weight is 394 g/mol. The van der Waals surface area contributed by atoms with Crippen LogP contribution in [0.25, 0.3) is 22.3 Å². The third-order valence-corrected chi connectivity index (χ3v) is 4.28. The van der Waals surface area contributed by atoms with Gasteiger partial charge in [0.2, 0.25) is 11.9 Å². The van der Waals surface area contributed by atoms with E-state index in [1.165, 1.54) is 0 Å². The summed E-state index contributed by atoms with van der Waals surface area (Å²) in [7, 11) is 0. The molecule has 2 heterocycles. The fourth-order valence-corrected chi connectivity index (χ4v) is 2.71. The Balaban J connectivity index is 1.86. The third-order valence-electron chi connectivity index (χ3n) is 4.28. The molecule has 4 N–H and O–H groups in total. The van der Waals surface area contributed by atoms with E-state index in [0.717, 1.165) is 16.9 Å². The molecule has 0 spiro atoms. The van der Waals surface area contributed by atoms with Crippen LogP contribution in [0.15, 0.2) is 36.4 Å². The highest BCUT2D eigenvalue weighted by atomic mass is 16.5. The number of hydrogen-bond acceptors (Lipinski definition) is 7. The predicted molar refractivity (Wildman–Crippen MR) is 116 cm³/mol. The van der Waals surface area contributed by atoms with E-state index < -0.39 is 0 Å². The fourth-order valence-electron chi connectivity index (χ4n) is 2.71. The van der Waals surface area contributed by atoms with E-state index in [9.17, 15) is 4.79 Å². The number of rotatable bonds is 8. The summed E-state index contributed by atoms with van der Waals surface area (Å²) >= 11 is 0. The van der Waals surface area contributed by atoms with Gasteiger partial charge in [-0.15, -0.1) is 0 Å². The van der Waals surface area contributed by atoms with Gasteiger partial charge in [0, 0.05) is 30.3 Å². The van der Waals surface area contributed by atoms with E-state index in [1.807, 2.05) is 57.2 Å². The number of anilines is 3. The minimum atomic E-state index is -0.0714. The summed E-state index contributed by atoms with van der Waals surface area (Å²) < 4.78 is 5.36. The molecule has 0 aliphatic rings. The summed E-state index contributed by atoms with van der Waals surface area (Å²) in [6, 6.07) is 11.3. The summed E-state index contributed by atoms with van der Waals surface area (Å²) in [5, 5.41) is 6.10. The van der Waals surface area contributed by atoms with Gasteiger partial charge in [-0.25, -0.2) is 9.97 Å². The van der Waals surface area contributed by atoms with Crippen molar-refractivity contribution in [3.05, 3.63) is 36.4 Å². The molecule has 0 fully saturated rings. The molecule has 1 amide bonds. The van der Waals surface area contributed by atoms with Crippen molar-refractivity contribution >= 4 is 34.4 Å². The van der Waals surface area contributed by atoms with Crippen LogP contribution in [0.1, 0.15) is 20.8 Å². The third kappa shape index (κ3) is 5.17. The topological polar surface area (TPSA) is 115 Å². The second-order valence-corrected chi connectivity index (χ2v) is 6.84. The number of nitrogens with zero attached hydrogens (tertiary/aromatic N) is 3. The SMILES string of the molecule is CCOCCNc1nc(N)nc2ccc(-c3ccc(NC(=O)C(C)C)cc3)nc12. The van der Waals surface area contributed by atoms with Gasteiger partial charge in [0.1, 0.15) is 5.52 Å². The first kappa shape index (κ1) is 20.5. The Kier molecular flexibility index (Phi) is 6.56. The van der Waals surface area contributed by atoms with Gasteiger partial charge in [0.05, 0.1) is 17.8 Å². The number of fused-ring (bicyclic) bond motifs is 1. The summed E-state index contributed by atoms with van der Waals surface area (Å²) in [5.74, 6) is 0.683. The molecule has 0 unspecified atom stereocenters. The number of ether oxygens (including phenoxy) is 1. The maximum absolute atomic E-state index is 11.8. The number of carbonyl (C=O) groups excluding carboxylic acids is 1. The Morgan fingerprint density at radius 2 is 1.86 bits per heavy atom. The number of nitrogen functional groups attached to an aromatic ring is 1. The van der Waals surface area contributed by atoms with Gasteiger partial charge in [0.25, 0.3) is 0 Å². The number of nitrogens with two attached hydrogens (primary N) is 1. The molecular weight excluding hydrogens is 368 g/mol. The van der Waals surface area contributed by atoms with Crippen molar-refractivity contribution in [1.29, 1.82) is 0 Å². The molecule has 29 heavy (non-hydrogen) atoms. The molecule has 2 aromatic heterocycles. The van der Waals surface area contributed by atoms with Gasteiger partial charge in [-0.2, -0.15) is 4.98 Å². The number of aromatic nitrogens is 3. The molecule has 0 saturated heterocycles. The molecule has 0 bridgehead atoms. The average Bonchev–Trinajstić information content (AvgIpc) is 2.71. The van der Waals surface area contributed by atoms with Crippen molar-refractivity contribution in [2.24, 2.45) is 5.92 Å². The minimum Gasteiger partial charge on any atom is -0.380 e. The Hall–Kier alpha value is -3.26. The number of nitrogens with one attached hydrogen (secondary N) is 2. The lowest BCUT2D eigenvalue weighted by Gasteiger charge is -2.11. The van der Waals surface area contributed by atoms with Gasteiger partial charge in [-0.05, 0) is 31.2 Å². The normalized spacial score (nSPS) is 11.0. The van der Waals surface area contributed by atoms with E-state index >= 15 is 0 Å². The van der Waals surface area contributed by atoms with Gasteiger partial charge >= 0.3 is 0 Å². The van der Waals surface area contributed by atoms with Crippen molar-refractivity contribution in [3.8, 4) is 11.3 Å². The van der Waals surface area contributed by atoms with Gasteiger partial charge in [-0.1, -0.05) is 26.0 Å². The Labute approximate surface area is 169 Å². The standard InChI is InChI=1S/C21H26N6O2/c1-4-29-12-11-23-19-18-17(26-21(22)27-19)10-9-16(25-18)14-5-7-15(8-6-14)24-20(28)13(2)3/h5-10,13H,4,11-12H2,1-3H3,(H,24,28)(H3,22,23,26,27). The van der Waals surface area contributed by atoms with Crippen LogP contribution in [0.4, 0.5) is 17.5 Å². The van der Waals surface area contributed by atoms with Crippen LogP contribution in [0.5, 0.6) is 0 Å². The maximum Gasteiger partial charge on any atom is 0.226 e. The predicted octanol–water partition coefficient (Wildman–Crippen LogP) is 3.32. The van der Waals surface area contributed by atoms with Crippen molar-refractivity contribution in [2.45, 2.75) is 20.8 Å². The second kappa shape index (κ2) is 9.29. The van der Waals surface area contributed by atoms with Crippen LogP contribution in [0.2, 0.25) is 0 Å². The van der Waals surface area contributed by atoms with Crippen molar-refractivity contribution in [1.82, 2.24) is 15.0 Å². The Morgan fingerprint density at radius 3 is 2.55 bits per heavy atom.